The van der Waals surface area contributed by atoms with Crippen LogP contribution in [0.1, 0.15) is 30.4 Å². The number of benzene rings is 2. The minimum Gasteiger partial charge on any atom is -0.484 e. The van der Waals surface area contributed by atoms with E-state index in [4.69, 9.17) is 4.74 Å². The van der Waals surface area contributed by atoms with E-state index >= 15 is 0 Å². The highest BCUT2D eigenvalue weighted by atomic mass is 32.2. The Labute approximate surface area is 165 Å². The lowest BCUT2D eigenvalue weighted by Crippen LogP contribution is -2.27. The van der Waals surface area contributed by atoms with Crippen LogP contribution in [-0.4, -0.2) is 38.3 Å². The average molecular weight is 401 g/mol. The Morgan fingerprint density at radius 1 is 0.964 bits per heavy atom. The third-order valence-corrected chi connectivity index (χ3v) is 7.19. The summed E-state index contributed by atoms with van der Waals surface area (Å²) in [5.74, 6) is 0.415. The number of fused-ring (bicyclic) bond motifs is 1. The molecule has 0 atom stereocenters. The van der Waals surface area contributed by atoms with E-state index < -0.39 is 10.0 Å². The summed E-state index contributed by atoms with van der Waals surface area (Å²) >= 11 is 0. The fourth-order valence-corrected chi connectivity index (χ4v) is 5.29. The maximum absolute atomic E-state index is 12.5. The summed E-state index contributed by atoms with van der Waals surface area (Å²) in [6.07, 6.45) is 5.14. The lowest BCUT2D eigenvalue weighted by Gasteiger charge is -2.15. The van der Waals surface area contributed by atoms with Crippen molar-refractivity contribution in [1.82, 2.24) is 4.31 Å². The fraction of sp³-hybridized carbons (Fsp3) is 0.381. The summed E-state index contributed by atoms with van der Waals surface area (Å²) in [4.78, 5) is 12.4. The van der Waals surface area contributed by atoms with Gasteiger partial charge in [0.05, 0.1) is 4.90 Å². The normalized spacial score (nSPS) is 16.7. The van der Waals surface area contributed by atoms with E-state index in [1.807, 2.05) is 12.1 Å². The number of anilines is 1. The zero-order valence-electron chi connectivity index (χ0n) is 15.7. The van der Waals surface area contributed by atoms with E-state index in [1.54, 1.807) is 12.1 Å². The van der Waals surface area contributed by atoms with Gasteiger partial charge in [-0.15, -0.1) is 0 Å². The van der Waals surface area contributed by atoms with Gasteiger partial charge >= 0.3 is 0 Å². The van der Waals surface area contributed by atoms with Gasteiger partial charge in [-0.25, -0.2) is 8.42 Å². The van der Waals surface area contributed by atoms with E-state index in [1.165, 1.54) is 34.0 Å². The number of sulfonamides is 1. The van der Waals surface area contributed by atoms with Crippen molar-refractivity contribution in [2.24, 2.45) is 0 Å². The molecule has 1 amide bonds. The predicted octanol–water partition coefficient (Wildman–Crippen LogP) is 2.98. The predicted molar refractivity (Wildman–Crippen MR) is 107 cm³/mol. The smallest absolute Gasteiger partial charge is 0.262 e. The Hall–Kier alpha value is -2.38. The molecule has 0 radical (unpaired) electrons. The molecule has 148 valence electrons. The van der Waals surface area contributed by atoms with Gasteiger partial charge in [-0.05, 0) is 79.6 Å². The fourth-order valence-electron chi connectivity index (χ4n) is 3.77. The lowest BCUT2D eigenvalue weighted by atomic mass is 10.1. The lowest BCUT2D eigenvalue weighted by molar-refractivity contribution is -0.118. The molecule has 1 aliphatic carbocycles. The maximum atomic E-state index is 12.5. The zero-order chi connectivity index (χ0) is 19.6. The molecule has 0 spiro atoms. The van der Waals surface area contributed by atoms with Crippen LogP contribution in [0.25, 0.3) is 0 Å². The molecule has 0 bridgehead atoms. The van der Waals surface area contributed by atoms with Crippen molar-refractivity contribution < 1.29 is 17.9 Å². The van der Waals surface area contributed by atoms with E-state index in [2.05, 4.69) is 11.4 Å². The second-order valence-electron chi connectivity index (χ2n) is 7.26. The van der Waals surface area contributed by atoms with Crippen LogP contribution in [0.15, 0.2) is 47.4 Å². The Kier molecular flexibility index (Phi) is 5.37. The largest absolute Gasteiger partial charge is 0.484 e. The molecule has 1 fully saturated rings. The first-order chi connectivity index (χ1) is 13.5. The third-order valence-electron chi connectivity index (χ3n) is 5.28. The molecule has 1 aliphatic heterocycles. The monoisotopic (exact) mass is 400 g/mol. The molecule has 1 saturated heterocycles. The van der Waals surface area contributed by atoms with Crippen LogP contribution in [0.2, 0.25) is 0 Å². The van der Waals surface area contributed by atoms with E-state index in [-0.39, 0.29) is 17.4 Å². The molecular weight excluding hydrogens is 376 g/mol. The van der Waals surface area contributed by atoms with Crippen LogP contribution in [0.5, 0.6) is 5.75 Å². The second kappa shape index (κ2) is 7.93. The molecule has 6 nitrogen and oxygen atoms in total. The first kappa shape index (κ1) is 19.0. The van der Waals surface area contributed by atoms with Crippen LogP contribution in [0, 0.1) is 0 Å². The standard InChI is InChI=1S/C21H24N2O4S/c24-21(15-27-19-9-6-16-4-3-5-17(16)14-19)22-18-7-10-20(11-8-18)28(25,26)23-12-1-2-13-23/h6-11,14H,1-5,12-13,15H2,(H,22,24). The molecule has 2 aromatic carbocycles. The van der Waals surface area contributed by atoms with Crippen LogP contribution in [0.3, 0.4) is 0 Å². The SMILES string of the molecule is O=C(COc1ccc2c(c1)CCC2)Nc1ccc(S(=O)(=O)N2CCCC2)cc1. The molecule has 28 heavy (non-hydrogen) atoms. The van der Waals surface area contributed by atoms with E-state index in [9.17, 15) is 13.2 Å². The Bertz CT molecular complexity index is 964. The van der Waals surface area contributed by atoms with Gasteiger partial charge in [0.15, 0.2) is 6.61 Å². The van der Waals surface area contributed by atoms with Crippen LogP contribution in [0.4, 0.5) is 5.69 Å². The highest BCUT2D eigenvalue weighted by Crippen LogP contribution is 2.26. The number of aryl methyl sites for hydroxylation is 2. The van der Waals surface area contributed by atoms with Crippen molar-refractivity contribution in [3.05, 3.63) is 53.6 Å². The van der Waals surface area contributed by atoms with Crippen molar-refractivity contribution in [3.8, 4) is 5.75 Å². The zero-order valence-corrected chi connectivity index (χ0v) is 16.5. The van der Waals surface area contributed by atoms with Crippen molar-refractivity contribution in [1.29, 1.82) is 0 Å². The topological polar surface area (TPSA) is 75.7 Å². The Balaban J connectivity index is 1.33. The van der Waals surface area contributed by atoms with Crippen LogP contribution < -0.4 is 10.1 Å². The molecule has 1 N–H and O–H groups in total. The number of amides is 1. The van der Waals surface area contributed by atoms with E-state index in [0.717, 1.165) is 25.7 Å². The van der Waals surface area contributed by atoms with Crippen molar-refractivity contribution in [3.63, 3.8) is 0 Å². The second-order valence-corrected chi connectivity index (χ2v) is 9.19. The van der Waals surface area contributed by atoms with Crippen LogP contribution in [-0.2, 0) is 27.7 Å². The summed E-state index contributed by atoms with van der Waals surface area (Å²) in [6, 6.07) is 12.2. The number of nitrogens with one attached hydrogen (secondary N) is 1. The number of hydrogen-bond acceptors (Lipinski definition) is 4. The molecule has 0 unspecified atom stereocenters. The Morgan fingerprint density at radius 3 is 2.43 bits per heavy atom. The van der Waals surface area contributed by atoms with Crippen molar-refractivity contribution in [2.75, 3.05) is 25.0 Å². The highest BCUT2D eigenvalue weighted by Gasteiger charge is 2.26. The van der Waals surface area contributed by atoms with Gasteiger partial charge < -0.3 is 10.1 Å². The summed E-state index contributed by atoms with van der Waals surface area (Å²) in [7, 11) is -3.44. The molecular formula is C21H24N2O4S. The van der Waals surface area contributed by atoms with Gasteiger partial charge in [-0.3, -0.25) is 4.79 Å². The highest BCUT2D eigenvalue weighted by molar-refractivity contribution is 7.89. The summed E-state index contributed by atoms with van der Waals surface area (Å²) < 4.78 is 32.2. The van der Waals surface area contributed by atoms with Gasteiger partial charge in [0.1, 0.15) is 5.75 Å². The maximum Gasteiger partial charge on any atom is 0.262 e. The first-order valence-electron chi connectivity index (χ1n) is 9.67. The molecule has 0 saturated carbocycles. The summed E-state index contributed by atoms with van der Waals surface area (Å²) in [5.41, 5.74) is 3.21. The Morgan fingerprint density at radius 2 is 1.68 bits per heavy atom. The summed E-state index contributed by atoms with van der Waals surface area (Å²) in [6.45, 7) is 1.05. The minimum atomic E-state index is -3.44. The van der Waals surface area contributed by atoms with Gasteiger partial charge in [-0.2, -0.15) is 4.31 Å². The summed E-state index contributed by atoms with van der Waals surface area (Å²) in [5, 5.41) is 2.74. The third kappa shape index (κ3) is 4.05. The minimum absolute atomic E-state index is 0.0907. The first-order valence-corrected chi connectivity index (χ1v) is 11.1. The molecule has 2 aliphatic rings. The quantitative estimate of drug-likeness (QED) is 0.809. The van der Waals surface area contributed by atoms with Gasteiger partial charge in [0.2, 0.25) is 10.0 Å². The average Bonchev–Trinajstić information content (AvgIpc) is 3.38. The molecule has 2 aromatic rings. The number of hydrogen-bond donors (Lipinski definition) is 1. The molecule has 7 heteroatoms. The number of rotatable bonds is 6. The van der Waals surface area contributed by atoms with Gasteiger partial charge in [0.25, 0.3) is 5.91 Å². The van der Waals surface area contributed by atoms with E-state index in [0.29, 0.717) is 24.5 Å². The number of carbonyl (C=O) groups is 1. The van der Waals surface area contributed by atoms with Gasteiger partial charge in [0, 0.05) is 18.8 Å². The number of carbonyl (C=O) groups excluding carboxylic acids is 1. The van der Waals surface area contributed by atoms with Crippen molar-refractivity contribution >= 4 is 21.6 Å². The number of nitrogens with zero attached hydrogens (tertiary/aromatic N) is 1. The van der Waals surface area contributed by atoms with Crippen LogP contribution >= 0.6 is 0 Å². The van der Waals surface area contributed by atoms with Gasteiger partial charge in [-0.1, -0.05) is 6.07 Å². The molecule has 4 rings (SSSR count). The molecule has 0 aromatic heterocycles. The molecule has 1 heterocycles. The van der Waals surface area contributed by atoms with Crippen molar-refractivity contribution in [2.45, 2.75) is 37.0 Å². The number of ether oxygens (including phenoxy) is 1.